The number of ether oxygens (including phenoxy) is 2. The Hall–Kier alpha value is -5.23. The molecule has 0 unspecified atom stereocenters. The molecule has 0 spiro atoms. The number of nitrogens with one attached hydrogen (secondary N) is 1. The molecule has 0 radical (unpaired) electrons. The van der Waals surface area contributed by atoms with Gasteiger partial charge in [-0.25, -0.2) is 19.3 Å². The highest BCUT2D eigenvalue weighted by Gasteiger charge is 2.44. The van der Waals surface area contributed by atoms with Gasteiger partial charge in [0.1, 0.15) is 41.3 Å². The lowest BCUT2D eigenvalue weighted by Gasteiger charge is -2.32. The molecule has 2 N–H and O–H groups in total. The molecule has 8 rings (SSSR count). The molecule has 2 fully saturated rings. The maximum atomic E-state index is 16.2. The predicted molar refractivity (Wildman–Crippen MR) is 192 cm³/mol. The Bertz CT molecular complexity index is 2160. The van der Waals surface area contributed by atoms with Crippen molar-refractivity contribution in [3.05, 3.63) is 84.4 Å². The molecular formula is C38H41FN8O3. The average molecular weight is 677 g/mol. The fourth-order valence-electron chi connectivity index (χ4n) is 7.41. The van der Waals surface area contributed by atoms with Crippen molar-refractivity contribution in [1.82, 2.24) is 29.3 Å². The Balaban J connectivity index is 1.06. The third-order valence-electron chi connectivity index (χ3n) is 10.3. The first kappa shape index (κ1) is 32.0. The Kier molecular flexibility index (Phi) is 8.47. The van der Waals surface area contributed by atoms with Crippen LogP contribution < -0.4 is 19.7 Å². The second-order valence-electron chi connectivity index (χ2n) is 13.4. The molecule has 1 aliphatic heterocycles. The van der Waals surface area contributed by atoms with E-state index in [1.807, 2.05) is 48.3 Å². The van der Waals surface area contributed by atoms with E-state index in [-0.39, 0.29) is 5.92 Å². The van der Waals surface area contributed by atoms with E-state index in [1.165, 1.54) is 12.7 Å². The van der Waals surface area contributed by atoms with Gasteiger partial charge in [0, 0.05) is 61.7 Å². The van der Waals surface area contributed by atoms with Crippen molar-refractivity contribution in [3.63, 3.8) is 0 Å². The number of pyridine rings is 1. The van der Waals surface area contributed by atoms with Gasteiger partial charge in [-0.2, -0.15) is 5.10 Å². The van der Waals surface area contributed by atoms with Crippen molar-refractivity contribution in [2.24, 2.45) is 13.0 Å². The fraction of sp³-hybridized carbons (Fsp3) is 0.368. The monoisotopic (exact) mass is 676 g/mol. The highest BCUT2D eigenvalue weighted by Crippen LogP contribution is 2.44. The number of aliphatic hydroxyl groups excluding tert-OH is 1. The van der Waals surface area contributed by atoms with Gasteiger partial charge < -0.3 is 29.4 Å². The van der Waals surface area contributed by atoms with E-state index < -0.39 is 18.3 Å². The molecule has 1 saturated heterocycles. The lowest BCUT2D eigenvalue weighted by molar-refractivity contribution is 0.0574. The zero-order chi connectivity index (χ0) is 34.4. The van der Waals surface area contributed by atoms with Crippen molar-refractivity contribution in [1.29, 1.82) is 0 Å². The predicted octanol–water partition coefficient (Wildman–Crippen LogP) is 6.11. The number of rotatable bonds is 11. The van der Waals surface area contributed by atoms with Gasteiger partial charge in [0.15, 0.2) is 0 Å². The Morgan fingerprint density at radius 1 is 1.02 bits per heavy atom. The largest absolute Gasteiger partial charge is 0.497 e. The van der Waals surface area contributed by atoms with E-state index in [0.717, 1.165) is 64.0 Å². The summed E-state index contributed by atoms with van der Waals surface area (Å²) in [6, 6.07) is 17.6. The number of benzene rings is 2. The van der Waals surface area contributed by atoms with Crippen LogP contribution in [0.4, 0.5) is 16.0 Å². The first-order chi connectivity index (χ1) is 24.4. The van der Waals surface area contributed by atoms with Gasteiger partial charge in [-0.3, -0.25) is 4.68 Å². The van der Waals surface area contributed by atoms with Crippen LogP contribution >= 0.6 is 0 Å². The van der Waals surface area contributed by atoms with Crippen LogP contribution in [0.15, 0.2) is 73.3 Å². The number of hydrogen-bond donors (Lipinski definition) is 2. The second kappa shape index (κ2) is 13.2. The minimum Gasteiger partial charge on any atom is -0.497 e. The molecule has 0 amide bonds. The van der Waals surface area contributed by atoms with Crippen LogP contribution in [0.5, 0.6) is 11.5 Å². The highest BCUT2D eigenvalue weighted by molar-refractivity contribution is 6.00. The number of aromatic nitrogens is 6. The van der Waals surface area contributed by atoms with E-state index in [0.29, 0.717) is 42.4 Å². The Labute approximate surface area is 289 Å². The van der Waals surface area contributed by atoms with Crippen molar-refractivity contribution < 1.29 is 19.0 Å². The molecule has 0 bridgehead atoms. The van der Waals surface area contributed by atoms with Crippen LogP contribution in [0.25, 0.3) is 33.2 Å². The fourth-order valence-corrected chi connectivity index (χ4v) is 7.41. The van der Waals surface area contributed by atoms with Crippen molar-refractivity contribution in [2.45, 2.75) is 50.5 Å². The molecule has 11 nitrogen and oxygen atoms in total. The summed E-state index contributed by atoms with van der Waals surface area (Å²) >= 11 is 0. The van der Waals surface area contributed by atoms with Gasteiger partial charge in [0.2, 0.25) is 0 Å². The average Bonchev–Trinajstić information content (AvgIpc) is 3.80. The summed E-state index contributed by atoms with van der Waals surface area (Å²) in [4.78, 5) is 16.5. The van der Waals surface area contributed by atoms with E-state index in [2.05, 4.69) is 55.6 Å². The Morgan fingerprint density at radius 3 is 2.64 bits per heavy atom. The maximum Gasteiger partial charge on any atom is 0.147 e. The third kappa shape index (κ3) is 5.87. The van der Waals surface area contributed by atoms with E-state index in [9.17, 15) is 5.11 Å². The van der Waals surface area contributed by atoms with Gasteiger partial charge in [-0.15, -0.1) is 0 Å². The molecule has 2 aromatic carbocycles. The molecule has 4 aromatic heterocycles. The van der Waals surface area contributed by atoms with Crippen molar-refractivity contribution in [3.8, 4) is 22.8 Å². The van der Waals surface area contributed by atoms with Gasteiger partial charge in [0.25, 0.3) is 0 Å². The van der Waals surface area contributed by atoms with Crippen LogP contribution in [0.2, 0.25) is 0 Å². The van der Waals surface area contributed by atoms with Gasteiger partial charge in [0.05, 0.1) is 43.0 Å². The number of hydrogen-bond acceptors (Lipinski definition) is 9. The van der Waals surface area contributed by atoms with E-state index in [4.69, 9.17) is 14.5 Å². The lowest BCUT2D eigenvalue weighted by Crippen LogP contribution is -2.37. The smallest absolute Gasteiger partial charge is 0.147 e. The van der Waals surface area contributed by atoms with Crippen LogP contribution in [-0.4, -0.2) is 74.0 Å². The summed E-state index contributed by atoms with van der Waals surface area (Å²) < 4.78 is 30.8. The molecule has 12 heteroatoms. The number of alkyl halides is 1. The number of halogens is 1. The first-order valence-electron chi connectivity index (χ1n) is 17.2. The lowest BCUT2D eigenvalue weighted by atomic mass is 9.95. The van der Waals surface area contributed by atoms with E-state index >= 15 is 4.39 Å². The molecular weight excluding hydrogens is 635 g/mol. The van der Waals surface area contributed by atoms with Gasteiger partial charge >= 0.3 is 0 Å². The molecule has 1 aliphatic carbocycles. The standard InChI is InChI=1S/C38H41FN8O3/c1-45-16-13-29(44-45)28-21-47(38-34(28)37(41-22-42-38)40-20-26-9-11-27(49-2)19-32(26)50-3)31-18-25(36(48)35(31)39)8-6-23-5-7-24-10-12-33(43-30(24)17-23)46-14-4-15-46/h5,7,9-13,16-17,19,21-22,25,31,35-36,48H,4,6,8,14-15,18,20H2,1-3H3,(H,40,41,42)/t25-,31+,35+,36+/m0/s1. The van der Waals surface area contributed by atoms with Crippen LogP contribution in [0, 0.1) is 5.92 Å². The molecule has 5 heterocycles. The van der Waals surface area contributed by atoms with E-state index in [1.54, 1.807) is 18.9 Å². The van der Waals surface area contributed by atoms with Gasteiger partial charge in [-0.1, -0.05) is 12.1 Å². The summed E-state index contributed by atoms with van der Waals surface area (Å²) in [5.41, 5.74) is 5.13. The number of nitrogens with zero attached hydrogens (tertiary/aromatic N) is 7. The SMILES string of the molecule is COc1ccc(CNc2ncnc3c2c(-c2ccn(C)n2)cn3[C@@H]2C[C@H](CCc3ccc4ccc(N5CCC5)nc4c3)[C@@H](O)[C@@H]2F)c(OC)c1. The summed E-state index contributed by atoms with van der Waals surface area (Å²) in [7, 11) is 5.11. The molecule has 258 valence electrons. The molecule has 6 aromatic rings. The zero-order valence-electron chi connectivity index (χ0n) is 28.5. The number of methoxy groups -OCH3 is 2. The van der Waals surface area contributed by atoms with Crippen LogP contribution in [-0.2, 0) is 20.0 Å². The van der Waals surface area contributed by atoms with Crippen LogP contribution in [0.3, 0.4) is 0 Å². The Morgan fingerprint density at radius 2 is 1.88 bits per heavy atom. The minimum atomic E-state index is -1.46. The zero-order valence-corrected chi connectivity index (χ0v) is 28.5. The minimum absolute atomic E-state index is 0.219. The molecule has 1 saturated carbocycles. The number of aliphatic hydroxyl groups is 1. The quantitative estimate of drug-likeness (QED) is 0.168. The topological polar surface area (TPSA) is 115 Å². The molecule has 2 aliphatic rings. The second-order valence-corrected chi connectivity index (χ2v) is 13.4. The van der Waals surface area contributed by atoms with Gasteiger partial charge in [-0.05, 0) is 73.6 Å². The van der Waals surface area contributed by atoms with Crippen molar-refractivity contribution >= 4 is 33.6 Å². The maximum absolute atomic E-state index is 16.2. The summed E-state index contributed by atoms with van der Waals surface area (Å²) in [5.74, 6) is 2.78. The summed E-state index contributed by atoms with van der Waals surface area (Å²) in [6.45, 7) is 2.52. The van der Waals surface area contributed by atoms with Crippen molar-refractivity contribution in [2.75, 3.05) is 37.5 Å². The molecule has 4 atom stereocenters. The first-order valence-corrected chi connectivity index (χ1v) is 17.2. The molecule has 50 heavy (non-hydrogen) atoms. The highest BCUT2D eigenvalue weighted by atomic mass is 19.1. The summed E-state index contributed by atoms with van der Waals surface area (Å²) in [6.07, 6.45) is 5.80. The normalized spacial score (nSPS) is 20.4. The number of anilines is 2. The number of aryl methyl sites for hydroxylation is 2. The third-order valence-corrected chi connectivity index (χ3v) is 10.3. The summed E-state index contributed by atoms with van der Waals surface area (Å²) in [5, 5.41) is 21.2. The van der Waals surface area contributed by atoms with Crippen LogP contribution in [0.1, 0.15) is 36.4 Å². The number of fused-ring (bicyclic) bond motifs is 2.